The zero-order valence-electron chi connectivity index (χ0n) is 14.8. The maximum absolute atomic E-state index is 12.4. The van der Waals surface area contributed by atoms with E-state index in [-0.39, 0.29) is 11.6 Å². The second-order valence-electron chi connectivity index (χ2n) is 5.93. The summed E-state index contributed by atoms with van der Waals surface area (Å²) in [7, 11) is 0. The minimum Gasteiger partial charge on any atom is -0.462 e. The van der Waals surface area contributed by atoms with Gasteiger partial charge >= 0.3 is 5.97 Å². The van der Waals surface area contributed by atoms with Crippen molar-refractivity contribution in [2.45, 2.75) is 53.0 Å². The molecule has 0 radical (unpaired) electrons. The molecule has 0 aliphatic heterocycles. The lowest BCUT2D eigenvalue weighted by Crippen LogP contribution is -2.85. The van der Waals surface area contributed by atoms with E-state index < -0.39 is 5.97 Å². The van der Waals surface area contributed by atoms with Gasteiger partial charge in [-0.05, 0) is 39.2 Å². The number of nitrogens with two attached hydrogens (primary N) is 1. The number of nitrogens with zero attached hydrogens (tertiary/aromatic N) is 1. The molecule has 0 saturated heterocycles. The fourth-order valence-corrected chi connectivity index (χ4v) is 3.72. The van der Waals surface area contributed by atoms with Gasteiger partial charge in [-0.3, -0.25) is 4.79 Å². The van der Waals surface area contributed by atoms with Gasteiger partial charge in [-0.25, -0.2) is 9.78 Å². The number of aryl methyl sites for hydroxylation is 1. The van der Waals surface area contributed by atoms with Crippen molar-refractivity contribution in [2.75, 3.05) is 13.2 Å². The summed E-state index contributed by atoms with van der Waals surface area (Å²) in [6.45, 7) is 9.06. The third kappa shape index (κ3) is 4.02. The molecule has 2 rings (SSSR count). The smallest absolute Gasteiger partial charge is 0.348 e. The molecule has 0 aliphatic rings. The van der Waals surface area contributed by atoms with Crippen LogP contribution in [0.5, 0.6) is 0 Å². The van der Waals surface area contributed by atoms with Crippen LogP contribution in [0.25, 0.3) is 10.2 Å². The summed E-state index contributed by atoms with van der Waals surface area (Å²) in [6, 6.07) is 0.0763. The number of fused-ring (bicyclic) bond motifs is 1. The molecule has 3 N–H and O–H groups in total. The van der Waals surface area contributed by atoms with E-state index in [1.165, 1.54) is 24.2 Å². The lowest BCUT2D eigenvalue weighted by molar-refractivity contribution is -0.694. The van der Waals surface area contributed by atoms with Gasteiger partial charge in [0.25, 0.3) is 5.56 Å². The Morgan fingerprint density at radius 1 is 1.38 bits per heavy atom. The predicted molar refractivity (Wildman–Crippen MR) is 95.7 cm³/mol. The number of carbonyl (C=O) groups excluding carboxylic acids is 1. The molecule has 24 heavy (non-hydrogen) atoms. The fourth-order valence-electron chi connectivity index (χ4n) is 2.64. The number of hydrogen-bond donors (Lipinski definition) is 2. The summed E-state index contributed by atoms with van der Waals surface area (Å²) >= 11 is 1.23. The van der Waals surface area contributed by atoms with E-state index in [1.807, 2.05) is 6.92 Å². The van der Waals surface area contributed by atoms with Crippen LogP contribution in [0.4, 0.5) is 0 Å². The van der Waals surface area contributed by atoms with Crippen LogP contribution < -0.4 is 10.9 Å². The highest BCUT2D eigenvalue weighted by molar-refractivity contribution is 7.20. The maximum Gasteiger partial charge on any atom is 0.348 e. The van der Waals surface area contributed by atoms with Gasteiger partial charge in [0.05, 0.1) is 18.5 Å². The number of H-pyrrole nitrogens is 1. The number of nitrogens with one attached hydrogen (secondary N) is 1. The van der Waals surface area contributed by atoms with Crippen molar-refractivity contribution in [3.8, 4) is 0 Å². The van der Waals surface area contributed by atoms with E-state index in [4.69, 9.17) is 4.74 Å². The lowest BCUT2D eigenvalue weighted by atomic mass is 10.2. The zero-order chi connectivity index (χ0) is 17.7. The van der Waals surface area contributed by atoms with Crippen LogP contribution in [0.3, 0.4) is 0 Å². The first-order valence-corrected chi connectivity index (χ1v) is 9.34. The first-order valence-electron chi connectivity index (χ1n) is 8.53. The van der Waals surface area contributed by atoms with E-state index >= 15 is 0 Å². The summed E-state index contributed by atoms with van der Waals surface area (Å²) in [5, 5.41) is 2.68. The van der Waals surface area contributed by atoms with E-state index in [1.54, 1.807) is 13.8 Å². The molecule has 2 heterocycles. The quantitative estimate of drug-likeness (QED) is 0.563. The Hall–Kier alpha value is -1.73. The van der Waals surface area contributed by atoms with Crippen molar-refractivity contribution >= 4 is 27.5 Å². The minimum atomic E-state index is -0.391. The van der Waals surface area contributed by atoms with Crippen LogP contribution in [0.2, 0.25) is 0 Å². The van der Waals surface area contributed by atoms with Crippen molar-refractivity contribution in [3.05, 3.63) is 26.6 Å². The van der Waals surface area contributed by atoms with Crippen LogP contribution in [0.15, 0.2) is 4.79 Å². The second kappa shape index (κ2) is 8.39. The van der Waals surface area contributed by atoms with Gasteiger partial charge in [0, 0.05) is 0 Å². The van der Waals surface area contributed by atoms with Crippen molar-refractivity contribution < 1.29 is 14.8 Å². The molecule has 7 heteroatoms. The average molecular weight is 352 g/mol. The molecule has 2 aromatic rings. The van der Waals surface area contributed by atoms with Crippen LogP contribution in [0.1, 0.15) is 67.1 Å². The third-order valence-corrected chi connectivity index (χ3v) is 5.20. The normalized spacial score (nSPS) is 12.5. The summed E-state index contributed by atoms with van der Waals surface area (Å²) < 4.78 is 5.06. The lowest BCUT2D eigenvalue weighted by Gasteiger charge is -2.09. The Morgan fingerprint density at radius 2 is 2.12 bits per heavy atom. The Morgan fingerprint density at radius 3 is 2.79 bits per heavy atom. The van der Waals surface area contributed by atoms with Crippen LogP contribution in [-0.4, -0.2) is 29.1 Å². The summed E-state index contributed by atoms with van der Waals surface area (Å²) in [5.74, 6) is 0.263. The van der Waals surface area contributed by atoms with Crippen LogP contribution in [0, 0.1) is 6.92 Å². The molecule has 0 aromatic carbocycles. The van der Waals surface area contributed by atoms with E-state index in [0.29, 0.717) is 33.1 Å². The topological polar surface area (TPSA) is 88.7 Å². The monoisotopic (exact) mass is 352 g/mol. The minimum absolute atomic E-state index is 0.0763. The fraction of sp³-hybridized carbons (Fsp3) is 0.588. The summed E-state index contributed by atoms with van der Waals surface area (Å²) in [6.07, 6.45) is 3.55. The zero-order valence-corrected chi connectivity index (χ0v) is 15.6. The van der Waals surface area contributed by atoms with Gasteiger partial charge < -0.3 is 15.0 Å². The standard InChI is InChI=1S/C17H25N3O3S/c1-5-7-8-9-18-11(4)14-19-15(21)12-10(3)13(17(22)23-6-2)24-16(12)20-14/h11,18H,5-9H2,1-4H3,(H,19,20,21)/p+1/t11-/m0/s1. The Labute approximate surface area is 145 Å². The van der Waals surface area contributed by atoms with Crippen molar-refractivity contribution in [1.82, 2.24) is 9.97 Å². The number of esters is 1. The molecule has 2 aromatic heterocycles. The molecule has 0 bridgehead atoms. The highest BCUT2D eigenvalue weighted by atomic mass is 32.1. The Kier molecular flexibility index (Phi) is 6.51. The van der Waals surface area contributed by atoms with E-state index in [9.17, 15) is 9.59 Å². The maximum atomic E-state index is 12.4. The molecule has 0 fully saturated rings. The highest BCUT2D eigenvalue weighted by Gasteiger charge is 2.21. The Balaban J connectivity index is 2.29. The van der Waals surface area contributed by atoms with Gasteiger partial charge in [-0.1, -0.05) is 13.3 Å². The number of hydrogen-bond acceptors (Lipinski definition) is 5. The largest absolute Gasteiger partial charge is 0.462 e. The molecule has 0 aliphatic carbocycles. The van der Waals surface area contributed by atoms with Crippen molar-refractivity contribution in [1.29, 1.82) is 0 Å². The number of aromatic nitrogens is 2. The van der Waals surface area contributed by atoms with Gasteiger partial charge in [-0.2, -0.15) is 0 Å². The van der Waals surface area contributed by atoms with Gasteiger partial charge in [0.2, 0.25) is 0 Å². The number of quaternary nitrogens is 1. The molecule has 0 spiro atoms. The van der Waals surface area contributed by atoms with Crippen LogP contribution >= 0.6 is 11.3 Å². The Bertz CT molecular complexity index is 766. The number of thiophene rings is 1. The first kappa shape index (κ1) is 18.6. The van der Waals surface area contributed by atoms with Gasteiger partial charge in [0.15, 0.2) is 5.82 Å². The number of aromatic amines is 1. The highest BCUT2D eigenvalue weighted by Crippen LogP contribution is 2.27. The summed E-state index contributed by atoms with van der Waals surface area (Å²) in [4.78, 5) is 33.0. The molecule has 0 saturated carbocycles. The first-order chi connectivity index (χ1) is 11.5. The molecule has 1 atom stereocenters. The molecule has 0 amide bonds. The van der Waals surface area contributed by atoms with Crippen molar-refractivity contribution in [3.63, 3.8) is 0 Å². The number of unbranched alkanes of at least 4 members (excludes halogenated alkanes) is 2. The number of ether oxygens (including phenoxy) is 1. The van der Waals surface area contributed by atoms with Gasteiger partial charge in [0.1, 0.15) is 15.7 Å². The molecule has 132 valence electrons. The molecular formula is C17H26N3O3S+. The number of rotatable bonds is 8. The predicted octanol–water partition coefficient (Wildman–Crippen LogP) is 2.28. The van der Waals surface area contributed by atoms with Crippen molar-refractivity contribution in [2.24, 2.45) is 0 Å². The molecule has 0 unspecified atom stereocenters. The van der Waals surface area contributed by atoms with E-state index in [2.05, 4.69) is 22.2 Å². The second-order valence-corrected chi connectivity index (χ2v) is 6.93. The molecular weight excluding hydrogens is 326 g/mol. The number of carbonyl (C=O) groups is 1. The van der Waals surface area contributed by atoms with Gasteiger partial charge in [-0.15, -0.1) is 11.3 Å². The van der Waals surface area contributed by atoms with Crippen LogP contribution in [-0.2, 0) is 4.74 Å². The summed E-state index contributed by atoms with van der Waals surface area (Å²) in [5.41, 5.74) is 0.460. The SMILES string of the molecule is CCCCC[NH2+][C@@H](C)c1nc2sc(C(=O)OCC)c(C)c2c(=O)[nH]1. The average Bonchev–Trinajstić information content (AvgIpc) is 2.89. The van der Waals surface area contributed by atoms with E-state index in [0.717, 1.165) is 13.0 Å². The third-order valence-electron chi connectivity index (χ3n) is 4.04. The molecule has 6 nitrogen and oxygen atoms in total.